The van der Waals surface area contributed by atoms with Crippen LogP contribution in [0.1, 0.15) is 0 Å². The van der Waals surface area contributed by atoms with Crippen LogP contribution in [0.5, 0.6) is 0 Å². The van der Waals surface area contributed by atoms with E-state index in [0.29, 0.717) is 0 Å². The predicted molar refractivity (Wildman–Crippen MR) is 72.5 cm³/mol. The molecule has 0 aliphatic carbocycles. The van der Waals surface area contributed by atoms with Crippen LogP contribution in [0, 0.1) is 0 Å². The van der Waals surface area contributed by atoms with E-state index >= 15 is 0 Å². The van der Waals surface area contributed by atoms with E-state index in [1.165, 1.54) is 4.70 Å². The number of fused-ring (bicyclic) bond motifs is 2. The van der Waals surface area contributed by atoms with E-state index in [2.05, 4.69) is 38.4 Å². The van der Waals surface area contributed by atoms with Crippen molar-refractivity contribution in [2.24, 2.45) is 0 Å². The molecule has 86 valence electrons. The minimum atomic E-state index is 0.811. The van der Waals surface area contributed by atoms with Gasteiger partial charge in [-0.2, -0.15) is 5.10 Å². The van der Waals surface area contributed by atoms with Crippen LogP contribution in [0.4, 0.5) is 0 Å². The molecule has 0 amide bonds. The van der Waals surface area contributed by atoms with Gasteiger partial charge in [0.05, 0.1) is 27.6 Å². The van der Waals surface area contributed by atoms with Crippen LogP contribution in [0.25, 0.3) is 32.5 Å². The maximum Gasteiger partial charge on any atom is 0.155 e. The zero-order chi connectivity index (χ0) is 11.9. The van der Waals surface area contributed by atoms with Gasteiger partial charge in [-0.1, -0.05) is 6.07 Å². The lowest BCUT2D eigenvalue weighted by Crippen LogP contribution is -1.84. The highest BCUT2D eigenvalue weighted by atomic mass is 32.1. The Labute approximate surface area is 106 Å². The quantitative estimate of drug-likeness (QED) is 0.566. The average Bonchev–Trinajstić information content (AvgIpc) is 3.05. The number of aromatic amines is 1. The van der Waals surface area contributed by atoms with E-state index in [1.54, 1.807) is 17.5 Å². The average molecular weight is 252 g/mol. The smallest absolute Gasteiger partial charge is 0.155 e. The molecule has 0 fully saturated rings. The van der Waals surface area contributed by atoms with Crippen molar-refractivity contribution < 1.29 is 0 Å². The van der Waals surface area contributed by atoms with Crippen molar-refractivity contribution in [2.75, 3.05) is 0 Å². The summed E-state index contributed by atoms with van der Waals surface area (Å²) in [6.07, 6.45) is 1.77. The first-order valence-electron chi connectivity index (χ1n) is 5.54. The van der Waals surface area contributed by atoms with E-state index in [4.69, 9.17) is 0 Å². The molecule has 0 aliphatic rings. The molecule has 1 aromatic carbocycles. The van der Waals surface area contributed by atoms with Crippen LogP contribution < -0.4 is 0 Å². The van der Waals surface area contributed by atoms with Gasteiger partial charge in [-0.25, -0.2) is 9.97 Å². The van der Waals surface area contributed by atoms with Gasteiger partial charge in [0.1, 0.15) is 0 Å². The Balaban J connectivity index is 1.93. The molecule has 0 saturated carbocycles. The van der Waals surface area contributed by atoms with Gasteiger partial charge in [0.15, 0.2) is 5.65 Å². The summed E-state index contributed by atoms with van der Waals surface area (Å²) >= 11 is 1.65. The molecular formula is C13H8N4S. The molecule has 0 bridgehead atoms. The lowest BCUT2D eigenvalue weighted by molar-refractivity contribution is 1.10. The number of benzene rings is 1. The predicted octanol–water partition coefficient (Wildman–Crippen LogP) is 3.23. The van der Waals surface area contributed by atoms with Crippen LogP contribution in [-0.4, -0.2) is 20.2 Å². The van der Waals surface area contributed by atoms with Crippen LogP contribution in [0.3, 0.4) is 0 Å². The molecule has 4 aromatic rings. The van der Waals surface area contributed by atoms with Crippen molar-refractivity contribution in [1.82, 2.24) is 20.2 Å². The second-order valence-corrected chi connectivity index (χ2v) is 4.93. The van der Waals surface area contributed by atoms with E-state index in [9.17, 15) is 0 Å². The third-order valence-electron chi connectivity index (χ3n) is 2.93. The Morgan fingerprint density at radius 3 is 3.11 bits per heavy atom. The zero-order valence-corrected chi connectivity index (χ0v) is 10.1. The second-order valence-electron chi connectivity index (χ2n) is 4.04. The van der Waals surface area contributed by atoms with Crippen LogP contribution in [0.15, 0.2) is 42.0 Å². The summed E-state index contributed by atoms with van der Waals surface area (Å²) in [4.78, 5) is 8.88. The molecule has 4 nitrogen and oxygen atoms in total. The number of thiazole rings is 1. The van der Waals surface area contributed by atoms with Crippen LogP contribution in [0.2, 0.25) is 0 Å². The second kappa shape index (κ2) is 3.61. The van der Waals surface area contributed by atoms with Gasteiger partial charge in [0.2, 0.25) is 0 Å². The van der Waals surface area contributed by atoms with Crippen molar-refractivity contribution >= 4 is 32.6 Å². The molecule has 3 aromatic heterocycles. The number of nitrogens with one attached hydrogen (secondary N) is 1. The number of rotatable bonds is 1. The fraction of sp³-hybridized carbons (Fsp3) is 0. The molecule has 0 saturated heterocycles. The minimum Gasteiger partial charge on any atom is -0.261 e. The summed E-state index contributed by atoms with van der Waals surface area (Å²) in [7, 11) is 0. The first-order chi connectivity index (χ1) is 8.90. The Kier molecular flexibility index (Phi) is 1.95. The summed E-state index contributed by atoms with van der Waals surface area (Å²) < 4.78 is 1.20. The summed E-state index contributed by atoms with van der Waals surface area (Å²) in [5.74, 6) is 0. The zero-order valence-electron chi connectivity index (χ0n) is 9.29. The highest BCUT2D eigenvalue weighted by Crippen LogP contribution is 2.25. The molecule has 0 spiro atoms. The Hall–Kier alpha value is -2.27. The van der Waals surface area contributed by atoms with Crippen LogP contribution >= 0.6 is 11.3 Å². The van der Waals surface area contributed by atoms with Crippen molar-refractivity contribution in [2.45, 2.75) is 0 Å². The van der Waals surface area contributed by atoms with E-state index in [-0.39, 0.29) is 0 Å². The maximum atomic E-state index is 4.55. The van der Waals surface area contributed by atoms with Gasteiger partial charge >= 0.3 is 0 Å². The van der Waals surface area contributed by atoms with Gasteiger partial charge in [-0.15, -0.1) is 11.3 Å². The topological polar surface area (TPSA) is 54.5 Å². The molecular weight excluding hydrogens is 244 g/mol. The van der Waals surface area contributed by atoms with Crippen molar-refractivity contribution in [1.29, 1.82) is 0 Å². The highest BCUT2D eigenvalue weighted by molar-refractivity contribution is 7.16. The summed E-state index contributed by atoms with van der Waals surface area (Å²) in [5, 5.41) is 7.89. The largest absolute Gasteiger partial charge is 0.261 e. The molecule has 1 N–H and O–H groups in total. The van der Waals surface area contributed by atoms with E-state index < -0.39 is 0 Å². The standard InChI is InChI=1S/C13H8N4S/c1-3-10(16-13-9(1)6-15-17-13)8-2-4-12-11(5-8)14-7-18-12/h1-7H,(H,15,16,17). The van der Waals surface area contributed by atoms with Crippen molar-refractivity contribution in [3.05, 3.63) is 42.0 Å². The fourth-order valence-corrected chi connectivity index (χ4v) is 2.66. The summed E-state index contributed by atoms with van der Waals surface area (Å²) in [6.45, 7) is 0. The number of hydrogen-bond donors (Lipinski definition) is 1. The molecule has 18 heavy (non-hydrogen) atoms. The SMILES string of the molecule is c1nc2cc(-c3ccc4cn[nH]c4n3)ccc2s1. The van der Waals surface area contributed by atoms with Crippen molar-refractivity contribution in [3.63, 3.8) is 0 Å². The third kappa shape index (κ3) is 1.41. The third-order valence-corrected chi connectivity index (χ3v) is 3.74. The number of aromatic nitrogens is 4. The Morgan fingerprint density at radius 1 is 1.11 bits per heavy atom. The molecule has 4 rings (SSSR count). The van der Waals surface area contributed by atoms with E-state index in [1.807, 2.05) is 17.6 Å². The maximum absolute atomic E-state index is 4.55. The Morgan fingerprint density at radius 2 is 2.11 bits per heavy atom. The number of H-pyrrole nitrogens is 1. The molecule has 0 atom stereocenters. The molecule has 3 heterocycles. The van der Waals surface area contributed by atoms with E-state index in [0.717, 1.165) is 27.8 Å². The number of pyridine rings is 1. The van der Waals surface area contributed by atoms with Gasteiger partial charge in [0.25, 0.3) is 0 Å². The molecule has 5 heteroatoms. The highest BCUT2D eigenvalue weighted by Gasteiger charge is 2.04. The first-order valence-corrected chi connectivity index (χ1v) is 6.42. The van der Waals surface area contributed by atoms with Gasteiger partial charge < -0.3 is 0 Å². The molecule has 0 radical (unpaired) electrons. The normalized spacial score (nSPS) is 11.3. The summed E-state index contributed by atoms with van der Waals surface area (Å²) in [6, 6.07) is 10.3. The van der Waals surface area contributed by atoms with Crippen molar-refractivity contribution in [3.8, 4) is 11.3 Å². The van der Waals surface area contributed by atoms with Gasteiger partial charge in [-0.05, 0) is 24.3 Å². The van der Waals surface area contributed by atoms with Gasteiger partial charge in [-0.3, -0.25) is 5.10 Å². The summed E-state index contributed by atoms with van der Waals surface area (Å²) in [5.41, 5.74) is 5.70. The Bertz CT molecular complexity index is 774. The molecule has 0 aliphatic heterocycles. The van der Waals surface area contributed by atoms with Crippen LogP contribution in [-0.2, 0) is 0 Å². The lowest BCUT2D eigenvalue weighted by Gasteiger charge is -2.00. The minimum absolute atomic E-state index is 0.811. The monoisotopic (exact) mass is 252 g/mol. The number of hydrogen-bond acceptors (Lipinski definition) is 4. The van der Waals surface area contributed by atoms with Gasteiger partial charge in [0, 0.05) is 10.9 Å². The molecule has 0 unspecified atom stereocenters. The fourth-order valence-electron chi connectivity index (χ4n) is 2.00. The lowest BCUT2D eigenvalue weighted by atomic mass is 10.1. The first kappa shape index (κ1) is 9.73. The number of nitrogens with zero attached hydrogens (tertiary/aromatic N) is 3.